The van der Waals surface area contributed by atoms with Crippen molar-refractivity contribution in [3.05, 3.63) is 42.5 Å². The van der Waals surface area contributed by atoms with E-state index in [-0.39, 0.29) is 16.9 Å². The van der Waals surface area contributed by atoms with Gasteiger partial charge in [0.05, 0.1) is 11.9 Å². The van der Waals surface area contributed by atoms with Crippen LogP contribution in [-0.2, 0) is 0 Å². The van der Waals surface area contributed by atoms with E-state index < -0.39 is 5.82 Å². The standard InChI is InChI=1S/C22H27FN6O/c1-22(2,3)28(4)15-7-8-29(13-15)21-6-5-19(26-27-21)17-9-18(23)16(10-20(17)30)14-11-24-25-12-14/h5-6,9-12,15,30H,7-8,13H2,1-4H3,(H,24,25)/t15-/m0/s1. The molecule has 1 saturated heterocycles. The van der Waals surface area contributed by atoms with Gasteiger partial charge in [-0.2, -0.15) is 5.10 Å². The predicted molar refractivity (Wildman–Crippen MR) is 115 cm³/mol. The zero-order valence-corrected chi connectivity index (χ0v) is 17.7. The average molecular weight is 410 g/mol. The summed E-state index contributed by atoms with van der Waals surface area (Å²) in [5.74, 6) is 0.281. The smallest absolute Gasteiger partial charge is 0.151 e. The minimum atomic E-state index is -0.456. The topological polar surface area (TPSA) is 81.2 Å². The number of hydrogen-bond donors (Lipinski definition) is 2. The Hall–Kier alpha value is -3.00. The van der Waals surface area contributed by atoms with Gasteiger partial charge in [0.1, 0.15) is 11.6 Å². The number of aromatic nitrogens is 4. The van der Waals surface area contributed by atoms with Gasteiger partial charge in [-0.1, -0.05) is 0 Å². The Balaban J connectivity index is 1.53. The Morgan fingerprint density at radius 2 is 2.00 bits per heavy atom. The van der Waals surface area contributed by atoms with E-state index in [4.69, 9.17) is 0 Å². The molecule has 3 heterocycles. The maximum absolute atomic E-state index is 14.6. The lowest BCUT2D eigenvalue weighted by Gasteiger charge is -2.36. The van der Waals surface area contributed by atoms with Crippen LogP contribution < -0.4 is 4.90 Å². The lowest BCUT2D eigenvalue weighted by Crippen LogP contribution is -2.46. The molecule has 0 unspecified atom stereocenters. The minimum Gasteiger partial charge on any atom is -0.507 e. The average Bonchev–Trinajstić information content (AvgIpc) is 3.40. The van der Waals surface area contributed by atoms with E-state index in [0.717, 1.165) is 25.3 Å². The molecule has 0 amide bonds. The summed E-state index contributed by atoms with van der Waals surface area (Å²) in [6, 6.07) is 6.78. The highest BCUT2D eigenvalue weighted by molar-refractivity contribution is 5.74. The van der Waals surface area contributed by atoms with E-state index in [2.05, 4.69) is 58.0 Å². The van der Waals surface area contributed by atoms with Crippen LogP contribution in [0.2, 0.25) is 0 Å². The molecule has 0 radical (unpaired) electrons. The predicted octanol–water partition coefficient (Wildman–Crippen LogP) is 3.69. The molecule has 1 aliphatic rings. The summed E-state index contributed by atoms with van der Waals surface area (Å²) in [6.45, 7) is 8.45. The summed E-state index contributed by atoms with van der Waals surface area (Å²) in [6.07, 6.45) is 4.15. The lowest BCUT2D eigenvalue weighted by atomic mass is 10.0. The minimum absolute atomic E-state index is 0.0531. The monoisotopic (exact) mass is 410 g/mol. The van der Waals surface area contributed by atoms with Crippen LogP contribution in [0.3, 0.4) is 0 Å². The van der Waals surface area contributed by atoms with Crippen LogP contribution in [0.25, 0.3) is 22.4 Å². The number of phenols is 1. The van der Waals surface area contributed by atoms with Gasteiger partial charge in [-0.15, -0.1) is 10.2 Å². The summed E-state index contributed by atoms with van der Waals surface area (Å²) in [5, 5.41) is 25.5. The Kier molecular flexibility index (Phi) is 5.19. The number of H-pyrrole nitrogens is 1. The molecule has 8 heteroatoms. The van der Waals surface area contributed by atoms with Crippen molar-refractivity contribution in [2.75, 3.05) is 25.0 Å². The van der Waals surface area contributed by atoms with Crippen molar-refractivity contribution in [2.45, 2.75) is 38.8 Å². The summed E-state index contributed by atoms with van der Waals surface area (Å²) in [7, 11) is 2.16. The molecule has 1 atom stereocenters. The van der Waals surface area contributed by atoms with Gasteiger partial charge >= 0.3 is 0 Å². The molecule has 1 fully saturated rings. The number of phenolic OH excluding ortho intramolecular Hbond substituents is 1. The first-order chi connectivity index (χ1) is 14.2. The normalized spacial score (nSPS) is 17.1. The van der Waals surface area contributed by atoms with Crippen molar-refractivity contribution < 1.29 is 9.50 Å². The fraction of sp³-hybridized carbons (Fsp3) is 0.409. The van der Waals surface area contributed by atoms with Gasteiger partial charge in [0, 0.05) is 47.6 Å². The molecule has 4 rings (SSSR count). The van der Waals surface area contributed by atoms with E-state index in [9.17, 15) is 9.50 Å². The highest BCUT2D eigenvalue weighted by atomic mass is 19.1. The van der Waals surface area contributed by atoms with Gasteiger partial charge in [-0.3, -0.25) is 10.00 Å². The number of hydrogen-bond acceptors (Lipinski definition) is 6. The van der Waals surface area contributed by atoms with E-state index in [1.54, 1.807) is 12.3 Å². The van der Waals surface area contributed by atoms with Crippen LogP contribution in [0.4, 0.5) is 10.2 Å². The van der Waals surface area contributed by atoms with Crippen molar-refractivity contribution in [2.24, 2.45) is 0 Å². The Bertz CT molecular complexity index is 1010. The molecule has 0 bridgehead atoms. The highest BCUT2D eigenvalue weighted by Crippen LogP contribution is 2.35. The SMILES string of the molecule is CN([C@H]1CCN(c2ccc(-c3cc(F)c(-c4cn[nH]c4)cc3O)nn2)C1)C(C)(C)C. The van der Waals surface area contributed by atoms with Crippen LogP contribution >= 0.6 is 0 Å². The first-order valence-corrected chi connectivity index (χ1v) is 10.1. The summed E-state index contributed by atoms with van der Waals surface area (Å²) in [5.41, 5.74) is 1.70. The van der Waals surface area contributed by atoms with Gasteiger partial charge in [0.25, 0.3) is 0 Å². The molecule has 30 heavy (non-hydrogen) atoms. The van der Waals surface area contributed by atoms with Crippen LogP contribution in [0, 0.1) is 5.82 Å². The molecule has 1 aromatic carbocycles. The van der Waals surface area contributed by atoms with Crippen LogP contribution in [0.5, 0.6) is 5.75 Å². The summed E-state index contributed by atoms with van der Waals surface area (Å²) in [4.78, 5) is 4.61. The van der Waals surface area contributed by atoms with Crippen molar-refractivity contribution in [1.29, 1.82) is 0 Å². The van der Waals surface area contributed by atoms with Gasteiger partial charge in [-0.05, 0) is 58.5 Å². The van der Waals surface area contributed by atoms with Crippen LogP contribution in [0.1, 0.15) is 27.2 Å². The Morgan fingerprint density at radius 3 is 2.63 bits per heavy atom. The summed E-state index contributed by atoms with van der Waals surface area (Å²) < 4.78 is 14.6. The van der Waals surface area contributed by atoms with Crippen molar-refractivity contribution in [3.8, 4) is 28.1 Å². The number of benzene rings is 1. The third kappa shape index (κ3) is 3.87. The van der Waals surface area contributed by atoms with Crippen molar-refractivity contribution in [1.82, 2.24) is 25.3 Å². The lowest BCUT2D eigenvalue weighted by molar-refractivity contribution is 0.127. The van der Waals surface area contributed by atoms with Gasteiger partial charge in [0.15, 0.2) is 5.82 Å². The number of nitrogens with one attached hydrogen (secondary N) is 1. The third-order valence-corrected chi connectivity index (χ3v) is 5.91. The Morgan fingerprint density at radius 1 is 1.20 bits per heavy atom. The number of aromatic amines is 1. The fourth-order valence-corrected chi connectivity index (χ4v) is 3.84. The number of halogens is 1. The number of aromatic hydroxyl groups is 1. The van der Waals surface area contributed by atoms with Crippen molar-refractivity contribution >= 4 is 5.82 Å². The third-order valence-electron chi connectivity index (χ3n) is 5.91. The number of anilines is 1. The molecule has 0 spiro atoms. The molecule has 158 valence electrons. The molecule has 0 saturated carbocycles. The quantitative estimate of drug-likeness (QED) is 0.683. The number of likely N-dealkylation sites (N-methyl/N-ethyl adjacent to an activating group) is 1. The maximum atomic E-state index is 14.6. The molecule has 2 N–H and O–H groups in total. The molecule has 2 aromatic heterocycles. The fourth-order valence-electron chi connectivity index (χ4n) is 3.84. The van der Waals surface area contributed by atoms with E-state index >= 15 is 0 Å². The number of nitrogens with zero attached hydrogens (tertiary/aromatic N) is 5. The highest BCUT2D eigenvalue weighted by Gasteiger charge is 2.31. The molecule has 1 aliphatic heterocycles. The van der Waals surface area contributed by atoms with Crippen LogP contribution in [-0.4, -0.2) is 62.1 Å². The maximum Gasteiger partial charge on any atom is 0.151 e. The van der Waals surface area contributed by atoms with Gasteiger partial charge in [0.2, 0.25) is 0 Å². The van der Waals surface area contributed by atoms with Gasteiger partial charge in [-0.25, -0.2) is 4.39 Å². The molecular formula is C22H27FN6O. The van der Waals surface area contributed by atoms with E-state index in [1.807, 2.05) is 6.07 Å². The largest absolute Gasteiger partial charge is 0.507 e. The second kappa shape index (κ2) is 7.68. The number of rotatable bonds is 4. The van der Waals surface area contributed by atoms with Crippen molar-refractivity contribution in [3.63, 3.8) is 0 Å². The molecule has 3 aromatic rings. The van der Waals surface area contributed by atoms with Gasteiger partial charge < -0.3 is 10.0 Å². The molecule has 7 nitrogen and oxygen atoms in total. The second-order valence-corrected chi connectivity index (χ2v) is 8.78. The molecular weight excluding hydrogens is 383 g/mol. The second-order valence-electron chi connectivity index (χ2n) is 8.78. The first-order valence-electron chi connectivity index (χ1n) is 10.1. The summed E-state index contributed by atoms with van der Waals surface area (Å²) >= 11 is 0. The zero-order chi connectivity index (χ0) is 21.5. The first kappa shape index (κ1) is 20.3. The van der Waals surface area contributed by atoms with Crippen LogP contribution in [0.15, 0.2) is 36.7 Å². The molecule has 0 aliphatic carbocycles. The zero-order valence-electron chi connectivity index (χ0n) is 17.7. The Labute approximate surface area is 175 Å². The van der Waals surface area contributed by atoms with E-state index in [1.165, 1.54) is 18.3 Å². The van der Waals surface area contributed by atoms with E-state index in [0.29, 0.717) is 22.9 Å².